The molecule has 0 aromatic rings. The van der Waals surface area contributed by atoms with Crippen LogP contribution in [0.15, 0.2) is 12.2 Å². The topological polar surface area (TPSA) is 102 Å². The molecule has 0 bridgehead atoms. The zero-order valence-electron chi connectivity index (χ0n) is 5.03. The van der Waals surface area contributed by atoms with Gasteiger partial charge in [-0.25, -0.2) is 0 Å². The molecule has 0 aliphatic heterocycles. The summed E-state index contributed by atoms with van der Waals surface area (Å²) in [5.41, 5.74) is 18.6. The number of carbonyl (C=O) groups excluding carboxylic acids is 1. The fourth-order valence-corrected chi connectivity index (χ4v) is 0. The first-order valence-corrected chi connectivity index (χ1v) is 2.00. The van der Waals surface area contributed by atoms with Gasteiger partial charge in [0.05, 0.1) is 0 Å². The maximum Gasteiger partial charge on any atom is 0.243 e. The molecule has 0 aliphatic rings. The second-order valence-corrected chi connectivity index (χ2v) is 1.23. The Hall–Kier alpha value is -1.48. The Balaban J connectivity index is 0. The molecule has 0 radical (unpaired) electrons. The van der Waals surface area contributed by atoms with Gasteiger partial charge in [0.1, 0.15) is 0 Å². The standard InChI is InChI=1S/C4H7NO.N3/c1-3(2)4(5)6;1-3-2/h1H2,2H3,(H2,5,6);/q;-1. The van der Waals surface area contributed by atoms with Crippen LogP contribution in [0, 0.1) is 0 Å². The normalized spacial score (nSPS) is 5.89. The molecule has 0 aromatic carbocycles. The second-order valence-electron chi connectivity index (χ2n) is 1.23. The minimum Gasteiger partial charge on any atom is -0.373 e. The van der Waals surface area contributed by atoms with Gasteiger partial charge >= 0.3 is 0 Å². The van der Waals surface area contributed by atoms with E-state index in [9.17, 15) is 4.79 Å². The van der Waals surface area contributed by atoms with Crippen LogP contribution < -0.4 is 5.73 Å². The van der Waals surface area contributed by atoms with Crippen molar-refractivity contribution < 1.29 is 4.79 Å². The van der Waals surface area contributed by atoms with Crippen LogP contribution in [0.1, 0.15) is 6.92 Å². The van der Waals surface area contributed by atoms with Gasteiger partial charge < -0.3 is 16.8 Å². The van der Waals surface area contributed by atoms with Crippen molar-refractivity contribution >= 4 is 5.91 Å². The highest BCUT2D eigenvalue weighted by atomic mass is 16.1. The van der Waals surface area contributed by atoms with Gasteiger partial charge in [0.15, 0.2) is 0 Å². The lowest BCUT2D eigenvalue weighted by Crippen LogP contribution is -2.10. The third-order valence-corrected chi connectivity index (χ3v) is 0.421. The van der Waals surface area contributed by atoms with E-state index in [1.807, 2.05) is 0 Å². The van der Waals surface area contributed by atoms with E-state index in [1.54, 1.807) is 6.92 Å². The highest BCUT2D eigenvalue weighted by molar-refractivity contribution is 5.90. The summed E-state index contributed by atoms with van der Waals surface area (Å²) in [7, 11) is 0. The number of carbonyl (C=O) groups is 1. The predicted octanol–water partition coefficient (Wildman–Crippen LogP) is 0.914. The van der Waals surface area contributed by atoms with E-state index in [0.717, 1.165) is 0 Å². The van der Waals surface area contributed by atoms with E-state index in [0.29, 0.717) is 5.57 Å². The van der Waals surface area contributed by atoms with Crippen LogP contribution >= 0.6 is 0 Å². The maximum atomic E-state index is 9.82. The summed E-state index contributed by atoms with van der Waals surface area (Å²) in [5.74, 6) is -0.435. The van der Waals surface area contributed by atoms with E-state index >= 15 is 0 Å². The van der Waals surface area contributed by atoms with Crippen LogP contribution in [-0.4, -0.2) is 5.91 Å². The first-order chi connectivity index (χ1) is 4.06. The molecule has 0 unspecified atom stereocenters. The highest BCUT2D eigenvalue weighted by Gasteiger charge is 1.86. The van der Waals surface area contributed by atoms with Crippen molar-refractivity contribution in [1.29, 1.82) is 0 Å². The molecule has 0 aromatic heterocycles. The van der Waals surface area contributed by atoms with Crippen molar-refractivity contribution in [3.8, 4) is 0 Å². The lowest BCUT2D eigenvalue weighted by atomic mass is 10.3. The van der Waals surface area contributed by atoms with Crippen molar-refractivity contribution in [2.75, 3.05) is 0 Å². The van der Waals surface area contributed by atoms with Crippen LogP contribution in [0.4, 0.5) is 0 Å². The number of nitrogens with zero attached hydrogens (tertiary/aromatic N) is 3. The van der Waals surface area contributed by atoms with E-state index in [1.165, 1.54) is 4.91 Å². The van der Waals surface area contributed by atoms with Crippen molar-refractivity contribution in [3.05, 3.63) is 28.1 Å². The minimum atomic E-state index is -0.435. The van der Waals surface area contributed by atoms with Gasteiger partial charge in [-0.05, 0) is 6.92 Å². The molecule has 0 atom stereocenters. The van der Waals surface area contributed by atoms with E-state index in [4.69, 9.17) is 16.8 Å². The number of nitrogens with two attached hydrogens (primary N) is 1. The Morgan fingerprint density at radius 3 is 1.78 bits per heavy atom. The maximum absolute atomic E-state index is 9.82. The Morgan fingerprint density at radius 1 is 1.67 bits per heavy atom. The van der Waals surface area contributed by atoms with E-state index in [-0.39, 0.29) is 0 Å². The molecule has 5 heteroatoms. The zero-order chi connectivity index (χ0) is 7.86. The first kappa shape index (κ1) is 10.5. The summed E-state index contributed by atoms with van der Waals surface area (Å²) in [4.78, 5) is 11.3. The van der Waals surface area contributed by atoms with Gasteiger partial charge in [-0.3, -0.25) is 9.71 Å². The van der Waals surface area contributed by atoms with Gasteiger partial charge in [-0.15, -0.1) is 0 Å². The molecule has 0 spiro atoms. The summed E-state index contributed by atoms with van der Waals surface area (Å²) in [5, 5.41) is 0. The minimum absolute atomic E-state index is 0.398. The molecule has 1 amide bonds. The fraction of sp³-hybridized carbons (Fsp3) is 0.250. The molecule has 0 rings (SSSR count). The predicted molar refractivity (Wildman–Crippen MR) is 34.1 cm³/mol. The molecule has 0 saturated carbocycles. The molecule has 5 nitrogen and oxygen atoms in total. The molecule has 0 aliphatic carbocycles. The average Bonchev–Trinajstić information content (AvgIpc) is 1.68. The molecule has 0 fully saturated rings. The Bertz CT molecular complexity index is 133. The van der Waals surface area contributed by atoms with Crippen LogP contribution in [-0.2, 0) is 4.79 Å². The quantitative estimate of drug-likeness (QED) is 0.240. The fourth-order valence-electron chi connectivity index (χ4n) is 0. The number of primary amides is 1. The molecule has 9 heavy (non-hydrogen) atoms. The smallest absolute Gasteiger partial charge is 0.243 e. The monoisotopic (exact) mass is 127 g/mol. The Kier molecular flexibility index (Phi) is 7.60. The Labute approximate surface area is 52.6 Å². The van der Waals surface area contributed by atoms with Crippen LogP contribution in [0.5, 0.6) is 0 Å². The average molecular weight is 127 g/mol. The first-order valence-electron chi connectivity index (χ1n) is 2.00. The van der Waals surface area contributed by atoms with E-state index < -0.39 is 5.91 Å². The lowest BCUT2D eigenvalue weighted by molar-refractivity contribution is -0.114. The van der Waals surface area contributed by atoms with Gasteiger partial charge in [0.2, 0.25) is 5.91 Å². The van der Waals surface area contributed by atoms with Gasteiger partial charge in [-0.2, -0.15) is 0 Å². The van der Waals surface area contributed by atoms with Gasteiger partial charge in [0.25, 0.3) is 0 Å². The molecule has 50 valence electrons. The SMILES string of the molecule is C=C(C)C(N)=O.[N-]=[N+]=[N-]. The van der Waals surface area contributed by atoms with Crippen molar-refractivity contribution in [2.45, 2.75) is 6.92 Å². The van der Waals surface area contributed by atoms with Gasteiger partial charge in [-0.1, -0.05) is 6.58 Å². The Morgan fingerprint density at radius 2 is 1.78 bits per heavy atom. The van der Waals surface area contributed by atoms with Crippen molar-refractivity contribution in [2.24, 2.45) is 5.73 Å². The van der Waals surface area contributed by atoms with Crippen LogP contribution in [0.2, 0.25) is 0 Å². The number of hydrogen-bond donors (Lipinski definition) is 1. The van der Waals surface area contributed by atoms with Crippen molar-refractivity contribution in [3.63, 3.8) is 0 Å². The third-order valence-electron chi connectivity index (χ3n) is 0.421. The number of hydrogen-bond acceptors (Lipinski definition) is 1. The number of amides is 1. The molecular weight excluding hydrogens is 120 g/mol. The second kappa shape index (κ2) is 6.52. The number of rotatable bonds is 1. The molecule has 0 heterocycles. The van der Waals surface area contributed by atoms with Crippen LogP contribution in [0.25, 0.3) is 16.0 Å². The summed E-state index contributed by atoms with van der Waals surface area (Å²) in [6.07, 6.45) is 0. The lowest BCUT2D eigenvalue weighted by Gasteiger charge is -1.81. The molecule has 2 N–H and O–H groups in total. The molecular formula is C4H7N4O-. The van der Waals surface area contributed by atoms with Crippen molar-refractivity contribution in [1.82, 2.24) is 0 Å². The highest BCUT2D eigenvalue weighted by Crippen LogP contribution is 1.78. The largest absolute Gasteiger partial charge is 0.373 e. The van der Waals surface area contributed by atoms with Crippen LogP contribution in [0.3, 0.4) is 0 Å². The molecule has 0 saturated heterocycles. The summed E-state index contributed by atoms with van der Waals surface area (Å²) < 4.78 is 0. The summed E-state index contributed by atoms with van der Waals surface area (Å²) >= 11 is 0. The van der Waals surface area contributed by atoms with Gasteiger partial charge in [0, 0.05) is 5.57 Å². The summed E-state index contributed by atoms with van der Waals surface area (Å²) in [6.45, 7) is 4.85. The zero-order valence-corrected chi connectivity index (χ0v) is 5.03. The van der Waals surface area contributed by atoms with E-state index in [2.05, 4.69) is 6.58 Å². The summed E-state index contributed by atoms with van der Waals surface area (Å²) in [6, 6.07) is 0. The third kappa shape index (κ3) is 21.0.